The summed E-state index contributed by atoms with van der Waals surface area (Å²) in [6, 6.07) is 3.93. The van der Waals surface area contributed by atoms with Gasteiger partial charge >= 0.3 is 0 Å². The standard InChI is InChI=1S/C13H14BrFN2O2/c14-11-4-3-9(15)7-10(11)13(19)17-6-5-16-12(18)8-1-2-8/h3-4,7-8H,1-2,5-6H2,(H,16,18)(H,17,19). The zero-order valence-electron chi connectivity index (χ0n) is 10.2. The molecule has 1 fully saturated rings. The van der Waals surface area contributed by atoms with E-state index in [9.17, 15) is 14.0 Å². The van der Waals surface area contributed by atoms with Crippen LogP contribution in [0.25, 0.3) is 0 Å². The molecule has 0 spiro atoms. The average molecular weight is 329 g/mol. The zero-order chi connectivity index (χ0) is 13.8. The van der Waals surface area contributed by atoms with Gasteiger partial charge in [-0.05, 0) is 47.0 Å². The molecule has 1 aliphatic rings. The molecule has 0 aliphatic heterocycles. The molecule has 2 N–H and O–H groups in total. The van der Waals surface area contributed by atoms with Crippen LogP contribution < -0.4 is 10.6 Å². The Labute approximate surface area is 118 Å². The van der Waals surface area contributed by atoms with Gasteiger partial charge < -0.3 is 10.6 Å². The second-order valence-corrected chi connectivity index (χ2v) is 5.30. The Kier molecular flexibility index (Phi) is 4.52. The number of hydrogen-bond acceptors (Lipinski definition) is 2. The van der Waals surface area contributed by atoms with Gasteiger partial charge in [-0.1, -0.05) is 0 Å². The van der Waals surface area contributed by atoms with Gasteiger partial charge in [-0.2, -0.15) is 0 Å². The number of amides is 2. The Balaban J connectivity index is 1.77. The van der Waals surface area contributed by atoms with Crippen molar-refractivity contribution in [2.75, 3.05) is 13.1 Å². The first-order chi connectivity index (χ1) is 9.08. The Morgan fingerprint density at radius 3 is 2.63 bits per heavy atom. The van der Waals surface area contributed by atoms with Crippen LogP contribution in [0, 0.1) is 11.7 Å². The molecule has 2 amide bonds. The lowest BCUT2D eigenvalue weighted by Crippen LogP contribution is -2.35. The van der Waals surface area contributed by atoms with Crippen LogP contribution in [0.15, 0.2) is 22.7 Å². The molecular weight excluding hydrogens is 315 g/mol. The number of hydrogen-bond donors (Lipinski definition) is 2. The van der Waals surface area contributed by atoms with Crippen molar-refractivity contribution in [3.63, 3.8) is 0 Å². The Morgan fingerprint density at radius 1 is 1.26 bits per heavy atom. The van der Waals surface area contributed by atoms with Gasteiger partial charge in [0.25, 0.3) is 5.91 Å². The van der Waals surface area contributed by atoms with Crippen LogP contribution in [0.2, 0.25) is 0 Å². The lowest BCUT2D eigenvalue weighted by atomic mass is 10.2. The molecule has 4 nitrogen and oxygen atoms in total. The van der Waals surface area contributed by atoms with Gasteiger partial charge in [-0.15, -0.1) is 0 Å². The first-order valence-electron chi connectivity index (χ1n) is 6.09. The number of halogens is 2. The lowest BCUT2D eigenvalue weighted by Gasteiger charge is -2.08. The monoisotopic (exact) mass is 328 g/mol. The molecule has 2 rings (SSSR count). The summed E-state index contributed by atoms with van der Waals surface area (Å²) in [5.74, 6) is -0.628. The summed E-state index contributed by atoms with van der Waals surface area (Å²) >= 11 is 3.19. The first-order valence-corrected chi connectivity index (χ1v) is 6.88. The van der Waals surface area contributed by atoms with Crippen molar-refractivity contribution in [1.29, 1.82) is 0 Å². The van der Waals surface area contributed by atoms with E-state index >= 15 is 0 Å². The van der Waals surface area contributed by atoms with Crippen LogP contribution in [-0.4, -0.2) is 24.9 Å². The van der Waals surface area contributed by atoms with E-state index in [4.69, 9.17) is 0 Å². The minimum absolute atomic E-state index is 0.0428. The van der Waals surface area contributed by atoms with Crippen molar-refractivity contribution >= 4 is 27.7 Å². The Hall–Kier alpha value is -1.43. The first kappa shape index (κ1) is 14.0. The van der Waals surface area contributed by atoms with Crippen molar-refractivity contribution in [3.8, 4) is 0 Å². The smallest absolute Gasteiger partial charge is 0.252 e. The predicted molar refractivity (Wildman–Crippen MR) is 72.2 cm³/mol. The molecule has 0 radical (unpaired) electrons. The topological polar surface area (TPSA) is 58.2 Å². The van der Waals surface area contributed by atoms with Crippen LogP contribution in [0.4, 0.5) is 4.39 Å². The molecule has 0 saturated heterocycles. The van der Waals surface area contributed by atoms with Crippen LogP contribution in [-0.2, 0) is 4.79 Å². The highest BCUT2D eigenvalue weighted by Gasteiger charge is 2.28. The van der Waals surface area contributed by atoms with Gasteiger partial charge in [0.2, 0.25) is 5.91 Å². The predicted octanol–water partition coefficient (Wildman–Crippen LogP) is 1.84. The maximum atomic E-state index is 13.0. The molecule has 0 bridgehead atoms. The van der Waals surface area contributed by atoms with E-state index in [0.717, 1.165) is 12.8 Å². The number of benzene rings is 1. The number of nitrogens with one attached hydrogen (secondary N) is 2. The highest BCUT2D eigenvalue weighted by Crippen LogP contribution is 2.28. The van der Waals surface area contributed by atoms with Gasteiger partial charge in [0.1, 0.15) is 5.82 Å². The molecular formula is C13H14BrFN2O2. The molecule has 102 valence electrons. The van der Waals surface area contributed by atoms with E-state index in [2.05, 4.69) is 26.6 Å². The third kappa shape index (κ3) is 4.02. The maximum Gasteiger partial charge on any atom is 0.252 e. The molecule has 19 heavy (non-hydrogen) atoms. The van der Waals surface area contributed by atoms with Crippen LogP contribution in [0.5, 0.6) is 0 Å². The largest absolute Gasteiger partial charge is 0.354 e. The second-order valence-electron chi connectivity index (χ2n) is 4.45. The van der Waals surface area contributed by atoms with Crippen molar-refractivity contribution < 1.29 is 14.0 Å². The zero-order valence-corrected chi connectivity index (χ0v) is 11.8. The molecule has 6 heteroatoms. The molecule has 1 aromatic carbocycles. The minimum Gasteiger partial charge on any atom is -0.354 e. The summed E-state index contributed by atoms with van der Waals surface area (Å²) in [5, 5.41) is 5.37. The van der Waals surface area contributed by atoms with Crippen molar-refractivity contribution in [2.45, 2.75) is 12.8 Å². The van der Waals surface area contributed by atoms with E-state index in [1.165, 1.54) is 18.2 Å². The summed E-state index contributed by atoms with van der Waals surface area (Å²) in [6.45, 7) is 0.703. The molecule has 1 aliphatic carbocycles. The minimum atomic E-state index is -0.463. The van der Waals surface area contributed by atoms with Crippen molar-refractivity contribution in [3.05, 3.63) is 34.1 Å². The molecule has 1 aromatic rings. The van der Waals surface area contributed by atoms with Gasteiger partial charge in [-0.25, -0.2) is 4.39 Å². The highest BCUT2D eigenvalue weighted by molar-refractivity contribution is 9.10. The van der Waals surface area contributed by atoms with E-state index in [-0.39, 0.29) is 23.3 Å². The molecule has 1 saturated carbocycles. The second kappa shape index (κ2) is 6.14. The van der Waals surface area contributed by atoms with Crippen molar-refractivity contribution in [2.24, 2.45) is 5.92 Å². The SMILES string of the molecule is O=C(NCCNC(=O)C1CC1)c1cc(F)ccc1Br. The average Bonchev–Trinajstić information content (AvgIpc) is 3.21. The number of rotatable bonds is 5. The summed E-state index contributed by atoms with van der Waals surface area (Å²) in [5.41, 5.74) is 0.244. The molecule has 0 aromatic heterocycles. The van der Waals surface area contributed by atoms with Gasteiger partial charge in [0, 0.05) is 23.5 Å². The molecule has 0 atom stereocenters. The van der Waals surface area contributed by atoms with Gasteiger partial charge in [0.05, 0.1) is 5.56 Å². The van der Waals surface area contributed by atoms with E-state index in [1.54, 1.807) is 0 Å². The maximum absolute atomic E-state index is 13.0. The Morgan fingerprint density at radius 2 is 1.95 bits per heavy atom. The van der Waals surface area contributed by atoms with Crippen molar-refractivity contribution in [1.82, 2.24) is 10.6 Å². The van der Waals surface area contributed by atoms with Crippen LogP contribution >= 0.6 is 15.9 Å². The fraction of sp³-hybridized carbons (Fsp3) is 0.385. The van der Waals surface area contributed by atoms with Gasteiger partial charge in [-0.3, -0.25) is 9.59 Å². The van der Waals surface area contributed by atoms with E-state index in [0.29, 0.717) is 17.6 Å². The summed E-state index contributed by atoms with van der Waals surface area (Å²) in [6.07, 6.45) is 1.91. The third-order valence-corrected chi connectivity index (χ3v) is 3.52. The van der Waals surface area contributed by atoms with Crippen LogP contribution in [0.1, 0.15) is 23.2 Å². The summed E-state index contributed by atoms with van der Waals surface area (Å²) in [7, 11) is 0. The van der Waals surface area contributed by atoms with Gasteiger partial charge in [0.15, 0.2) is 0 Å². The normalized spacial score (nSPS) is 14.0. The quantitative estimate of drug-likeness (QED) is 0.810. The molecule has 0 unspecified atom stereocenters. The molecule has 0 heterocycles. The Bertz CT molecular complexity index is 503. The third-order valence-electron chi connectivity index (χ3n) is 2.83. The number of carbonyl (C=O) groups excluding carboxylic acids is 2. The fourth-order valence-corrected chi connectivity index (χ4v) is 2.05. The number of carbonyl (C=O) groups is 2. The van der Waals surface area contributed by atoms with Crippen LogP contribution in [0.3, 0.4) is 0 Å². The highest BCUT2D eigenvalue weighted by atomic mass is 79.9. The fourth-order valence-electron chi connectivity index (χ4n) is 1.62. The van der Waals surface area contributed by atoms with E-state index in [1.807, 2.05) is 0 Å². The lowest BCUT2D eigenvalue weighted by molar-refractivity contribution is -0.122. The summed E-state index contributed by atoms with van der Waals surface area (Å²) < 4.78 is 13.6. The summed E-state index contributed by atoms with van der Waals surface area (Å²) in [4.78, 5) is 23.1. The van der Waals surface area contributed by atoms with E-state index < -0.39 is 5.82 Å².